The van der Waals surface area contributed by atoms with Gasteiger partial charge in [-0.25, -0.2) is 9.78 Å². The fraction of sp³-hybridized carbons (Fsp3) is 0.111. The summed E-state index contributed by atoms with van der Waals surface area (Å²) in [6, 6.07) is 17.2. The number of ether oxygens (including phenoxy) is 2. The van der Waals surface area contributed by atoms with Crippen molar-refractivity contribution in [2.24, 2.45) is 0 Å². The zero-order valence-corrected chi connectivity index (χ0v) is 13.2. The molecule has 0 saturated heterocycles. The van der Waals surface area contributed by atoms with Crippen LogP contribution in [0, 0.1) is 0 Å². The molecule has 2 aromatic carbocycles. The number of benzene rings is 2. The lowest BCUT2D eigenvalue weighted by Crippen LogP contribution is -2.14. The fourth-order valence-corrected chi connectivity index (χ4v) is 2.12. The molecule has 0 aliphatic carbocycles. The Morgan fingerprint density at radius 1 is 1.08 bits per heavy atom. The third kappa shape index (κ3) is 3.92. The summed E-state index contributed by atoms with van der Waals surface area (Å²) >= 11 is 0. The summed E-state index contributed by atoms with van der Waals surface area (Å²) in [5.41, 5.74) is 1.72. The smallest absolute Gasteiger partial charge is 0.413 e. The first-order valence-corrected chi connectivity index (χ1v) is 7.56. The predicted molar refractivity (Wildman–Crippen MR) is 91.2 cm³/mol. The van der Waals surface area contributed by atoms with E-state index in [0.29, 0.717) is 12.6 Å². The maximum Gasteiger partial charge on any atom is 0.413 e. The molecule has 0 fully saturated rings. The van der Waals surface area contributed by atoms with Crippen LogP contribution in [0.5, 0.6) is 11.5 Å². The van der Waals surface area contributed by atoms with Crippen molar-refractivity contribution in [3.63, 3.8) is 0 Å². The molecular formula is C18H17N3O3. The number of amides is 1. The van der Waals surface area contributed by atoms with Crippen LogP contribution in [0.15, 0.2) is 60.8 Å². The van der Waals surface area contributed by atoms with Crippen molar-refractivity contribution < 1.29 is 14.3 Å². The standard InChI is InChI=1S/C18H17N3O3/c1-2-23-18(22)21-17-19-12-16(20-17)13-8-10-15(11-9-13)24-14-6-4-3-5-7-14/h3-12H,2H2,1H3,(H2,19,20,21,22). The Kier molecular flexibility index (Phi) is 4.76. The number of aromatic amines is 1. The second-order valence-corrected chi connectivity index (χ2v) is 4.93. The molecule has 0 saturated carbocycles. The molecular weight excluding hydrogens is 306 g/mol. The molecule has 0 aliphatic heterocycles. The van der Waals surface area contributed by atoms with Gasteiger partial charge in [0.1, 0.15) is 11.5 Å². The van der Waals surface area contributed by atoms with Gasteiger partial charge in [-0.15, -0.1) is 0 Å². The topological polar surface area (TPSA) is 76.2 Å². The summed E-state index contributed by atoms with van der Waals surface area (Å²) in [6.45, 7) is 2.05. The van der Waals surface area contributed by atoms with E-state index in [9.17, 15) is 4.79 Å². The van der Waals surface area contributed by atoms with Crippen LogP contribution >= 0.6 is 0 Å². The van der Waals surface area contributed by atoms with E-state index >= 15 is 0 Å². The molecule has 3 aromatic rings. The molecule has 0 unspecified atom stereocenters. The number of carbonyl (C=O) groups is 1. The Morgan fingerprint density at radius 2 is 1.79 bits per heavy atom. The first kappa shape index (κ1) is 15.6. The van der Waals surface area contributed by atoms with Crippen molar-refractivity contribution in [2.45, 2.75) is 6.92 Å². The maximum absolute atomic E-state index is 11.4. The number of hydrogen-bond donors (Lipinski definition) is 2. The molecule has 24 heavy (non-hydrogen) atoms. The van der Waals surface area contributed by atoms with E-state index in [1.54, 1.807) is 13.1 Å². The third-order valence-electron chi connectivity index (χ3n) is 3.22. The van der Waals surface area contributed by atoms with Gasteiger partial charge in [-0.3, -0.25) is 5.32 Å². The Hall–Kier alpha value is -3.28. The molecule has 0 aliphatic rings. The van der Waals surface area contributed by atoms with Gasteiger partial charge >= 0.3 is 6.09 Å². The van der Waals surface area contributed by atoms with Gasteiger partial charge in [0.2, 0.25) is 5.95 Å². The second-order valence-electron chi connectivity index (χ2n) is 4.93. The number of aromatic nitrogens is 2. The average molecular weight is 323 g/mol. The lowest BCUT2D eigenvalue weighted by atomic mass is 10.2. The SMILES string of the molecule is CCOC(=O)Nc1ncc(-c2ccc(Oc3ccccc3)cc2)[nH]1. The normalized spacial score (nSPS) is 10.2. The first-order valence-electron chi connectivity index (χ1n) is 7.56. The lowest BCUT2D eigenvalue weighted by Gasteiger charge is -2.06. The summed E-state index contributed by atoms with van der Waals surface area (Å²) in [5.74, 6) is 1.87. The summed E-state index contributed by atoms with van der Waals surface area (Å²) in [4.78, 5) is 18.5. The highest BCUT2D eigenvalue weighted by atomic mass is 16.5. The van der Waals surface area contributed by atoms with E-state index in [4.69, 9.17) is 9.47 Å². The Morgan fingerprint density at radius 3 is 2.50 bits per heavy atom. The van der Waals surface area contributed by atoms with Crippen molar-refractivity contribution in [3.8, 4) is 22.8 Å². The largest absolute Gasteiger partial charge is 0.457 e. The van der Waals surface area contributed by atoms with Gasteiger partial charge in [0.25, 0.3) is 0 Å². The molecule has 1 amide bonds. The van der Waals surface area contributed by atoms with Gasteiger partial charge < -0.3 is 14.5 Å². The molecule has 0 spiro atoms. The van der Waals surface area contributed by atoms with Crippen LogP contribution in [0.2, 0.25) is 0 Å². The number of nitrogens with zero attached hydrogens (tertiary/aromatic N) is 1. The van der Waals surface area contributed by atoms with Gasteiger partial charge in [-0.1, -0.05) is 18.2 Å². The number of hydrogen-bond acceptors (Lipinski definition) is 4. The minimum Gasteiger partial charge on any atom is -0.457 e. The third-order valence-corrected chi connectivity index (χ3v) is 3.22. The molecule has 0 atom stereocenters. The molecule has 6 nitrogen and oxygen atoms in total. The first-order chi connectivity index (χ1) is 11.7. The molecule has 1 aromatic heterocycles. The number of imidazole rings is 1. The van der Waals surface area contributed by atoms with Crippen molar-refractivity contribution in [3.05, 3.63) is 60.8 Å². The molecule has 2 N–H and O–H groups in total. The summed E-state index contributed by atoms with van der Waals surface area (Å²) < 4.78 is 10.6. The van der Waals surface area contributed by atoms with Crippen molar-refractivity contribution in [2.75, 3.05) is 11.9 Å². The maximum atomic E-state index is 11.4. The molecule has 3 rings (SSSR count). The highest BCUT2D eigenvalue weighted by molar-refractivity contribution is 5.82. The average Bonchev–Trinajstić information content (AvgIpc) is 3.05. The van der Waals surface area contributed by atoms with E-state index in [0.717, 1.165) is 22.8 Å². The number of para-hydroxylation sites is 1. The van der Waals surface area contributed by atoms with Crippen LogP contribution in [0.3, 0.4) is 0 Å². The number of anilines is 1. The van der Waals surface area contributed by atoms with Gasteiger partial charge in [0.15, 0.2) is 0 Å². The molecule has 0 bridgehead atoms. The summed E-state index contributed by atoms with van der Waals surface area (Å²) in [7, 11) is 0. The Labute approximate surface area is 139 Å². The van der Waals surface area contributed by atoms with E-state index in [1.807, 2.05) is 54.6 Å². The van der Waals surface area contributed by atoms with Crippen LogP contribution in [0.1, 0.15) is 6.92 Å². The van der Waals surface area contributed by atoms with Crippen molar-refractivity contribution in [1.29, 1.82) is 0 Å². The minimum absolute atomic E-state index is 0.308. The summed E-state index contributed by atoms with van der Waals surface area (Å²) in [6.07, 6.45) is 1.11. The minimum atomic E-state index is -0.537. The number of rotatable bonds is 5. The van der Waals surface area contributed by atoms with Crippen LogP contribution < -0.4 is 10.1 Å². The molecule has 1 heterocycles. The molecule has 0 radical (unpaired) electrons. The molecule has 6 heteroatoms. The van der Waals surface area contributed by atoms with E-state index in [-0.39, 0.29) is 0 Å². The van der Waals surface area contributed by atoms with Crippen LogP contribution in [0.25, 0.3) is 11.3 Å². The van der Waals surface area contributed by atoms with E-state index in [1.165, 1.54) is 0 Å². The Bertz CT molecular complexity index is 798. The van der Waals surface area contributed by atoms with Crippen LogP contribution in [0.4, 0.5) is 10.7 Å². The molecule has 122 valence electrons. The predicted octanol–water partition coefficient (Wildman–Crippen LogP) is 4.44. The van der Waals surface area contributed by atoms with Crippen molar-refractivity contribution >= 4 is 12.0 Å². The zero-order chi connectivity index (χ0) is 16.8. The number of carbonyl (C=O) groups excluding carboxylic acids is 1. The number of nitrogens with one attached hydrogen (secondary N) is 2. The van der Waals surface area contributed by atoms with E-state index < -0.39 is 6.09 Å². The van der Waals surface area contributed by atoms with Gasteiger partial charge in [0.05, 0.1) is 18.5 Å². The van der Waals surface area contributed by atoms with Gasteiger partial charge in [-0.2, -0.15) is 0 Å². The highest BCUT2D eigenvalue weighted by Gasteiger charge is 2.07. The quantitative estimate of drug-likeness (QED) is 0.728. The number of H-pyrrole nitrogens is 1. The second kappa shape index (κ2) is 7.32. The van der Waals surface area contributed by atoms with E-state index in [2.05, 4.69) is 15.3 Å². The van der Waals surface area contributed by atoms with Gasteiger partial charge in [0, 0.05) is 0 Å². The fourth-order valence-electron chi connectivity index (χ4n) is 2.12. The monoisotopic (exact) mass is 323 g/mol. The van der Waals surface area contributed by atoms with Crippen LogP contribution in [-0.2, 0) is 4.74 Å². The summed E-state index contributed by atoms with van der Waals surface area (Å²) in [5, 5.41) is 2.52. The zero-order valence-electron chi connectivity index (χ0n) is 13.2. The Balaban J connectivity index is 1.67. The highest BCUT2D eigenvalue weighted by Crippen LogP contribution is 2.25. The lowest BCUT2D eigenvalue weighted by molar-refractivity contribution is 0.167. The van der Waals surface area contributed by atoms with Gasteiger partial charge in [-0.05, 0) is 48.9 Å². The van der Waals surface area contributed by atoms with Crippen LogP contribution in [-0.4, -0.2) is 22.7 Å². The van der Waals surface area contributed by atoms with Crippen molar-refractivity contribution in [1.82, 2.24) is 9.97 Å².